The minimum absolute atomic E-state index is 0.0110. The minimum atomic E-state index is -4.61. The van der Waals surface area contributed by atoms with E-state index in [-0.39, 0.29) is 82.7 Å². The lowest BCUT2D eigenvalue weighted by atomic mass is 9.83. The predicted molar refractivity (Wildman–Crippen MR) is 180 cm³/mol. The molecule has 1 aromatic carbocycles. The average Bonchev–Trinajstić information content (AvgIpc) is 3.06. The molecule has 268 valence electrons. The van der Waals surface area contributed by atoms with E-state index < -0.39 is 23.6 Å². The number of carbonyl (C=O) groups excluding carboxylic acids is 2. The molecule has 2 N–H and O–H groups in total. The molecule has 3 saturated heterocycles. The van der Waals surface area contributed by atoms with E-state index in [4.69, 9.17) is 21.3 Å². The Morgan fingerprint density at radius 2 is 1.84 bits per heavy atom. The Balaban J connectivity index is 1.23. The molecule has 0 unspecified atom stereocenters. The second kappa shape index (κ2) is 12.9. The summed E-state index contributed by atoms with van der Waals surface area (Å²) < 4.78 is 46.7. The van der Waals surface area contributed by atoms with Gasteiger partial charge in [-0.05, 0) is 38.0 Å². The number of fused-ring (bicyclic) bond motifs is 1. The zero-order valence-corrected chi connectivity index (χ0v) is 28.4. The lowest BCUT2D eigenvalue weighted by Crippen LogP contribution is -2.71. The van der Waals surface area contributed by atoms with E-state index in [1.807, 2.05) is 11.8 Å². The second-order valence-corrected chi connectivity index (χ2v) is 13.2. The molecule has 4 aromatic rings. The molecular weight excluding hydrogens is 695 g/mol. The highest BCUT2D eigenvalue weighted by molar-refractivity contribution is 6.33. The van der Waals surface area contributed by atoms with Gasteiger partial charge in [-0.2, -0.15) is 13.2 Å². The highest BCUT2D eigenvalue weighted by Crippen LogP contribution is 2.40. The van der Waals surface area contributed by atoms with E-state index >= 15 is 0 Å². The number of nitrogens with one attached hydrogen (secondary N) is 1. The summed E-state index contributed by atoms with van der Waals surface area (Å²) in [5, 5.41) is 12.7. The van der Waals surface area contributed by atoms with Crippen LogP contribution >= 0.6 is 11.6 Å². The molecule has 0 radical (unpaired) electrons. The molecule has 0 bridgehead atoms. The van der Waals surface area contributed by atoms with Crippen molar-refractivity contribution in [2.24, 2.45) is 0 Å². The maximum Gasteiger partial charge on any atom is 0.416 e. The van der Waals surface area contributed by atoms with Gasteiger partial charge in [0.2, 0.25) is 11.3 Å². The third-order valence-electron chi connectivity index (χ3n) is 9.71. The first-order valence-corrected chi connectivity index (χ1v) is 16.7. The molecule has 3 fully saturated rings. The zero-order chi connectivity index (χ0) is 36.2. The molecule has 1 spiro atoms. The van der Waals surface area contributed by atoms with Crippen molar-refractivity contribution in [2.45, 2.75) is 44.9 Å². The number of hydrogen-bond acceptors (Lipinski definition) is 11. The molecule has 0 atom stereocenters. The van der Waals surface area contributed by atoms with E-state index in [0.717, 1.165) is 24.6 Å². The van der Waals surface area contributed by atoms with Crippen molar-refractivity contribution in [3.63, 3.8) is 0 Å². The van der Waals surface area contributed by atoms with Crippen LogP contribution in [0.4, 0.5) is 30.4 Å². The fourth-order valence-electron chi connectivity index (χ4n) is 6.77. The summed E-state index contributed by atoms with van der Waals surface area (Å²) in [6, 6.07) is 2.65. The molecule has 6 heterocycles. The Labute approximate surface area is 293 Å². The smallest absolute Gasteiger partial charge is 0.416 e. The Morgan fingerprint density at radius 1 is 1.10 bits per heavy atom. The first kappa shape index (κ1) is 34.4. The summed E-state index contributed by atoms with van der Waals surface area (Å²) in [5.41, 5.74) is -0.378. The number of benzene rings is 1. The Hall–Kier alpha value is -5.03. The van der Waals surface area contributed by atoms with Crippen molar-refractivity contribution in [3.8, 4) is 5.75 Å². The topological polar surface area (TPSA) is 159 Å². The number of amides is 2. The Bertz CT molecular complexity index is 2110. The number of pyridine rings is 1. The van der Waals surface area contributed by atoms with Crippen LogP contribution in [-0.2, 0) is 28.7 Å². The molecular formula is C33H33ClF3N9O5. The molecule has 14 nitrogen and oxygen atoms in total. The van der Waals surface area contributed by atoms with E-state index in [1.165, 1.54) is 11.2 Å². The Kier molecular flexibility index (Phi) is 8.73. The second-order valence-electron chi connectivity index (χ2n) is 12.8. The van der Waals surface area contributed by atoms with Crippen molar-refractivity contribution < 1.29 is 32.6 Å². The fourth-order valence-corrected chi connectivity index (χ4v) is 7.00. The molecule has 3 aliphatic heterocycles. The highest BCUT2D eigenvalue weighted by atomic mass is 35.5. The van der Waals surface area contributed by atoms with Gasteiger partial charge in [-0.25, -0.2) is 19.9 Å². The number of rotatable bonds is 7. The number of ether oxygens (including phenoxy) is 1. The van der Waals surface area contributed by atoms with Gasteiger partial charge in [0.05, 0.1) is 46.9 Å². The number of alkyl halides is 3. The number of aryl methyl sites for hydroxylation is 1. The van der Waals surface area contributed by atoms with Crippen molar-refractivity contribution in [2.75, 3.05) is 61.1 Å². The molecule has 51 heavy (non-hydrogen) atoms. The van der Waals surface area contributed by atoms with Crippen LogP contribution in [-0.4, -0.2) is 97.8 Å². The number of aromatic hydroxyl groups is 1. The van der Waals surface area contributed by atoms with E-state index in [9.17, 15) is 32.7 Å². The minimum Gasteiger partial charge on any atom is -0.504 e. The molecule has 0 saturated carbocycles. The number of hydrogen-bond donors (Lipinski definition) is 2. The SMILES string of the molecule is CCc1c(N2CCN(C(=O)c3ncnc(C)c3O)CC2)c(=O)c2nc(N3CCC34COC4)cnc2n1CC(=O)Nc1ccc(C(F)(F)F)cc1Cl. The summed E-state index contributed by atoms with van der Waals surface area (Å²) in [7, 11) is 0. The molecule has 2 amide bonds. The van der Waals surface area contributed by atoms with Crippen molar-refractivity contribution in [1.82, 2.24) is 29.4 Å². The van der Waals surface area contributed by atoms with Gasteiger partial charge in [0.25, 0.3) is 5.91 Å². The third kappa shape index (κ3) is 6.07. The summed E-state index contributed by atoms with van der Waals surface area (Å²) in [6.45, 7) is 5.74. The van der Waals surface area contributed by atoms with Gasteiger partial charge < -0.3 is 34.4 Å². The molecule has 3 aliphatic rings. The first-order valence-electron chi connectivity index (χ1n) is 16.3. The molecule has 18 heteroatoms. The summed E-state index contributed by atoms with van der Waals surface area (Å²) in [4.78, 5) is 63.9. The van der Waals surface area contributed by atoms with Gasteiger partial charge in [0, 0.05) is 38.4 Å². The monoisotopic (exact) mass is 727 g/mol. The number of halogens is 4. The van der Waals surface area contributed by atoms with E-state index in [2.05, 4.69) is 25.2 Å². The van der Waals surface area contributed by atoms with Gasteiger partial charge in [-0.3, -0.25) is 14.4 Å². The van der Waals surface area contributed by atoms with E-state index in [1.54, 1.807) is 17.7 Å². The van der Waals surface area contributed by atoms with Crippen LogP contribution in [0.3, 0.4) is 0 Å². The lowest BCUT2D eigenvalue weighted by molar-refractivity contribution is -0.137. The standard InChI is InChI=1S/C33H33ClF3N9O5/c1-3-22-27(43-8-10-44(11-9-43)31(50)26-28(48)18(2)39-17-40-26)29(49)25-30(38-13-23(42-25)46-7-6-32(46)15-51-16-32)45(22)14-24(47)41-21-5-4-19(12-20(21)34)33(35,36)37/h4-5,12-13,17,48H,3,6-11,14-16H2,1-2H3,(H,41,47). The van der Waals surface area contributed by atoms with Crippen molar-refractivity contribution >= 4 is 51.8 Å². The van der Waals surface area contributed by atoms with Crippen LogP contribution in [0.1, 0.15) is 40.8 Å². The third-order valence-corrected chi connectivity index (χ3v) is 10.0. The maximum absolute atomic E-state index is 14.4. The fraction of sp³-hybridized carbons (Fsp3) is 0.424. The molecule has 3 aromatic heterocycles. The lowest BCUT2D eigenvalue weighted by Gasteiger charge is -2.58. The summed E-state index contributed by atoms with van der Waals surface area (Å²) in [6.07, 6.45) is -0.616. The Morgan fingerprint density at radius 3 is 2.45 bits per heavy atom. The van der Waals surface area contributed by atoms with Crippen molar-refractivity contribution in [3.05, 3.63) is 68.6 Å². The first-order chi connectivity index (χ1) is 24.3. The number of piperazine rings is 1. The van der Waals surface area contributed by atoms with Gasteiger partial charge >= 0.3 is 6.18 Å². The largest absolute Gasteiger partial charge is 0.504 e. The molecule has 0 aliphatic carbocycles. The van der Waals surface area contributed by atoms with Gasteiger partial charge in [-0.15, -0.1) is 0 Å². The van der Waals surface area contributed by atoms with Crippen LogP contribution in [0.2, 0.25) is 5.02 Å². The number of nitrogens with zero attached hydrogens (tertiary/aromatic N) is 8. The van der Waals surface area contributed by atoms with Gasteiger partial charge in [0.1, 0.15) is 24.4 Å². The quantitative estimate of drug-likeness (QED) is 0.287. The average molecular weight is 728 g/mol. The maximum atomic E-state index is 14.4. The van der Waals surface area contributed by atoms with Gasteiger partial charge in [0.15, 0.2) is 22.6 Å². The molecule has 7 rings (SSSR count). The van der Waals surface area contributed by atoms with Crippen LogP contribution in [0.25, 0.3) is 11.2 Å². The van der Waals surface area contributed by atoms with Crippen LogP contribution < -0.4 is 20.5 Å². The number of carbonyl (C=O) groups is 2. The highest BCUT2D eigenvalue weighted by Gasteiger charge is 2.51. The summed E-state index contributed by atoms with van der Waals surface area (Å²) in [5.74, 6) is -0.871. The zero-order valence-electron chi connectivity index (χ0n) is 27.6. The van der Waals surface area contributed by atoms with Crippen LogP contribution in [0, 0.1) is 6.92 Å². The van der Waals surface area contributed by atoms with Crippen LogP contribution in [0.5, 0.6) is 5.75 Å². The summed E-state index contributed by atoms with van der Waals surface area (Å²) >= 11 is 6.12. The number of anilines is 3. The van der Waals surface area contributed by atoms with Gasteiger partial charge in [-0.1, -0.05) is 18.5 Å². The van der Waals surface area contributed by atoms with Crippen LogP contribution in [0.15, 0.2) is 35.5 Å². The normalized spacial score (nSPS) is 17.0. The van der Waals surface area contributed by atoms with E-state index in [0.29, 0.717) is 43.4 Å². The predicted octanol–water partition coefficient (Wildman–Crippen LogP) is 3.41. The number of aromatic nitrogens is 5. The van der Waals surface area contributed by atoms with Crippen molar-refractivity contribution in [1.29, 1.82) is 0 Å².